The quantitative estimate of drug-likeness (QED) is 0.180. The third kappa shape index (κ3) is 15.1. The van der Waals surface area contributed by atoms with Gasteiger partial charge in [-0.05, 0) is 13.3 Å². The van der Waals surface area contributed by atoms with E-state index in [9.17, 15) is 0 Å². The molecule has 150 valence electrons. The van der Waals surface area contributed by atoms with Crippen molar-refractivity contribution in [1.82, 2.24) is 0 Å². The van der Waals surface area contributed by atoms with Crippen LogP contribution in [0.25, 0.3) is 0 Å². The zero-order chi connectivity index (χ0) is 18.0. The first-order chi connectivity index (χ1) is 12.3. The molecule has 1 aliphatic heterocycles. The molecule has 0 radical (unpaired) electrons. The normalized spacial score (nSPS) is 20.4. The first-order valence-corrected chi connectivity index (χ1v) is 12.1. The van der Waals surface area contributed by atoms with Crippen molar-refractivity contribution in [2.75, 3.05) is 13.2 Å². The van der Waals surface area contributed by atoms with Crippen molar-refractivity contribution < 1.29 is 13.6 Å². The van der Waals surface area contributed by atoms with Gasteiger partial charge in [0.1, 0.15) is 0 Å². The summed E-state index contributed by atoms with van der Waals surface area (Å²) < 4.78 is 16.5. The highest BCUT2D eigenvalue weighted by atomic mass is 31.2. The van der Waals surface area contributed by atoms with Crippen LogP contribution in [0.15, 0.2) is 0 Å². The van der Waals surface area contributed by atoms with Crippen molar-refractivity contribution in [3.05, 3.63) is 0 Å². The van der Waals surface area contributed by atoms with Crippen molar-refractivity contribution in [3.63, 3.8) is 0 Å². The molecule has 0 amide bonds. The maximum atomic E-state index is 5.61. The van der Waals surface area contributed by atoms with Crippen LogP contribution in [0, 0.1) is 0 Å². The van der Waals surface area contributed by atoms with Crippen molar-refractivity contribution in [2.24, 2.45) is 0 Å². The first kappa shape index (κ1) is 23.3. The van der Waals surface area contributed by atoms with E-state index in [-0.39, 0.29) is 6.10 Å². The van der Waals surface area contributed by atoms with Crippen molar-refractivity contribution >= 4 is 8.60 Å². The lowest BCUT2D eigenvalue weighted by Gasteiger charge is -2.08. The van der Waals surface area contributed by atoms with Crippen LogP contribution in [0.3, 0.4) is 0 Å². The fraction of sp³-hybridized carbons (Fsp3) is 1.00. The molecule has 0 spiro atoms. The van der Waals surface area contributed by atoms with Gasteiger partial charge < -0.3 is 13.6 Å². The molecule has 2 unspecified atom stereocenters. The van der Waals surface area contributed by atoms with Crippen LogP contribution in [-0.4, -0.2) is 19.3 Å². The summed E-state index contributed by atoms with van der Waals surface area (Å²) in [5.41, 5.74) is 0. The van der Waals surface area contributed by atoms with Gasteiger partial charge in [0, 0.05) is 0 Å². The lowest BCUT2D eigenvalue weighted by molar-refractivity contribution is 0.223. The van der Waals surface area contributed by atoms with E-state index in [1.165, 1.54) is 96.3 Å². The van der Waals surface area contributed by atoms with Crippen molar-refractivity contribution in [1.29, 1.82) is 0 Å². The monoisotopic (exact) mass is 374 g/mol. The molecule has 1 saturated heterocycles. The molecule has 0 bridgehead atoms. The Balaban J connectivity index is 1.65. The molecule has 1 rings (SSSR count). The van der Waals surface area contributed by atoms with Gasteiger partial charge in [0.15, 0.2) is 0 Å². The standard InChI is InChI=1S/C21H43O3P/c1-3-4-5-6-7-8-9-10-11-12-13-14-15-16-17-18-19-22-25-23-20-21(2)24-25/h21H,3-20H2,1-2H3. The van der Waals surface area contributed by atoms with Gasteiger partial charge in [0.2, 0.25) is 0 Å². The molecule has 25 heavy (non-hydrogen) atoms. The molecule has 0 aromatic rings. The zero-order valence-electron chi connectivity index (χ0n) is 17.0. The second-order valence-electron chi connectivity index (χ2n) is 7.57. The fourth-order valence-electron chi connectivity index (χ4n) is 3.23. The molecule has 0 N–H and O–H groups in total. The maximum absolute atomic E-state index is 5.61. The fourth-order valence-corrected chi connectivity index (χ4v) is 4.39. The summed E-state index contributed by atoms with van der Waals surface area (Å²) in [6, 6.07) is 0. The lowest BCUT2D eigenvalue weighted by atomic mass is 10.0. The first-order valence-electron chi connectivity index (χ1n) is 11.1. The molecule has 4 heteroatoms. The molecule has 0 aliphatic carbocycles. The minimum atomic E-state index is -1.03. The van der Waals surface area contributed by atoms with E-state index < -0.39 is 8.60 Å². The number of rotatable bonds is 18. The second-order valence-corrected chi connectivity index (χ2v) is 8.75. The summed E-state index contributed by atoms with van der Waals surface area (Å²) in [5.74, 6) is 0. The summed E-state index contributed by atoms with van der Waals surface area (Å²) in [5, 5.41) is 0. The molecule has 3 nitrogen and oxygen atoms in total. The minimum Gasteiger partial charge on any atom is -0.312 e. The molecular formula is C21H43O3P. The van der Waals surface area contributed by atoms with Gasteiger partial charge in [0.05, 0.1) is 19.3 Å². The highest BCUT2D eigenvalue weighted by Gasteiger charge is 2.24. The predicted molar refractivity (Wildman–Crippen MR) is 109 cm³/mol. The van der Waals surface area contributed by atoms with Gasteiger partial charge in [0.25, 0.3) is 0 Å². The van der Waals surface area contributed by atoms with Crippen LogP contribution in [0.1, 0.15) is 117 Å². The van der Waals surface area contributed by atoms with Crippen LogP contribution in [-0.2, 0) is 13.6 Å². The average molecular weight is 375 g/mol. The van der Waals surface area contributed by atoms with Crippen molar-refractivity contribution in [3.8, 4) is 0 Å². The summed E-state index contributed by atoms with van der Waals surface area (Å²) in [6.07, 6.45) is 22.6. The van der Waals surface area contributed by atoms with Crippen LogP contribution < -0.4 is 0 Å². The van der Waals surface area contributed by atoms with Gasteiger partial charge in [-0.1, -0.05) is 103 Å². The largest absolute Gasteiger partial charge is 0.333 e. The molecule has 2 atom stereocenters. The summed E-state index contributed by atoms with van der Waals surface area (Å²) >= 11 is 0. The van der Waals surface area contributed by atoms with Gasteiger partial charge in [-0.2, -0.15) is 0 Å². The van der Waals surface area contributed by atoms with Gasteiger partial charge >= 0.3 is 8.60 Å². The molecule has 0 aromatic carbocycles. The highest BCUT2D eigenvalue weighted by molar-refractivity contribution is 7.41. The van der Waals surface area contributed by atoms with E-state index in [0.29, 0.717) is 6.61 Å². The van der Waals surface area contributed by atoms with Gasteiger partial charge in [-0.25, -0.2) is 0 Å². The SMILES string of the molecule is CCCCCCCCCCCCCCCCCCOP1OCC(C)O1. The van der Waals surface area contributed by atoms with Gasteiger partial charge in [-0.15, -0.1) is 0 Å². The van der Waals surface area contributed by atoms with Crippen LogP contribution in [0.4, 0.5) is 0 Å². The van der Waals surface area contributed by atoms with Crippen molar-refractivity contribution in [2.45, 2.75) is 123 Å². The van der Waals surface area contributed by atoms with Crippen LogP contribution in [0.2, 0.25) is 0 Å². The Morgan fingerprint density at radius 2 is 1.16 bits per heavy atom. The molecular weight excluding hydrogens is 331 g/mol. The molecule has 1 fully saturated rings. The second kappa shape index (κ2) is 17.7. The Labute approximate surface area is 158 Å². The Hall–Kier alpha value is 0.310. The Morgan fingerprint density at radius 3 is 1.56 bits per heavy atom. The number of unbranched alkanes of at least 4 members (excludes halogenated alkanes) is 15. The summed E-state index contributed by atoms with van der Waals surface area (Å²) in [7, 11) is -1.03. The summed E-state index contributed by atoms with van der Waals surface area (Å²) in [6.45, 7) is 5.79. The maximum Gasteiger partial charge on any atom is 0.333 e. The van der Waals surface area contributed by atoms with E-state index in [1.807, 2.05) is 6.92 Å². The number of hydrogen-bond acceptors (Lipinski definition) is 3. The van der Waals surface area contributed by atoms with E-state index in [2.05, 4.69) is 6.92 Å². The molecule has 0 aromatic heterocycles. The van der Waals surface area contributed by atoms with Gasteiger partial charge in [-0.3, -0.25) is 0 Å². The smallest absolute Gasteiger partial charge is 0.312 e. The lowest BCUT2D eigenvalue weighted by Crippen LogP contribution is -2.00. The molecule has 1 aliphatic rings. The topological polar surface area (TPSA) is 27.7 Å². The van der Waals surface area contributed by atoms with Crippen LogP contribution >= 0.6 is 8.60 Å². The molecule has 0 saturated carbocycles. The van der Waals surface area contributed by atoms with E-state index in [4.69, 9.17) is 13.6 Å². The zero-order valence-corrected chi connectivity index (χ0v) is 17.9. The molecule has 1 heterocycles. The Kier molecular flexibility index (Phi) is 16.5. The number of hydrogen-bond donors (Lipinski definition) is 0. The van der Waals surface area contributed by atoms with E-state index in [1.54, 1.807) is 0 Å². The Bertz CT molecular complexity index is 276. The van der Waals surface area contributed by atoms with E-state index in [0.717, 1.165) is 13.0 Å². The third-order valence-corrected chi connectivity index (χ3v) is 6.16. The van der Waals surface area contributed by atoms with E-state index >= 15 is 0 Å². The average Bonchev–Trinajstić information content (AvgIpc) is 3.03. The predicted octanol–water partition coefficient (Wildman–Crippen LogP) is 7.93. The third-order valence-electron chi connectivity index (χ3n) is 4.88. The summed E-state index contributed by atoms with van der Waals surface area (Å²) in [4.78, 5) is 0. The van der Waals surface area contributed by atoms with Crippen LogP contribution in [0.5, 0.6) is 0 Å². The minimum absolute atomic E-state index is 0.205. The highest BCUT2D eigenvalue weighted by Crippen LogP contribution is 2.46. The Morgan fingerprint density at radius 1 is 0.720 bits per heavy atom.